The first-order valence-electron chi connectivity index (χ1n) is 6.47. The quantitative estimate of drug-likeness (QED) is 0.843. The van der Waals surface area contributed by atoms with Crippen molar-refractivity contribution in [1.82, 2.24) is 14.8 Å². The van der Waals surface area contributed by atoms with Crippen molar-refractivity contribution in [2.24, 2.45) is 13.0 Å². The van der Waals surface area contributed by atoms with Gasteiger partial charge in [-0.15, -0.1) is 10.2 Å². The fourth-order valence-corrected chi connectivity index (χ4v) is 3.03. The maximum atomic E-state index is 4.29. The molecule has 98 valence electrons. The maximum absolute atomic E-state index is 4.29. The largest absolute Gasteiger partial charge is 0.317 e. The Kier molecular flexibility index (Phi) is 3.27. The zero-order chi connectivity index (χ0) is 13.4. The van der Waals surface area contributed by atoms with E-state index >= 15 is 0 Å². The molecule has 0 spiro atoms. The molecule has 1 aliphatic rings. The van der Waals surface area contributed by atoms with Crippen LogP contribution in [0.3, 0.4) is 0 Å². The summed E-state index contributed by atoms with van der Waals surface area (Å²) in [5, 5.41) is 8.31. The molecule has 1 aliphatic carbocycles. The number of aromatic nitrogens is 3. The highest BCUT2D eigenvalue weighted by molar-refractivity contribution is 9.10. The van der Waals surface area contributed by atoms with Gasteiger partial charge in [0.1, 0.15) is 6.33 Å². The van der Waals surface area contributed by atoms with Crippen LogP contribution in [0.2, 0.25) is 0 Å². The van der Waals surface area contributed by atoms with Crippen LogP contribution in [0.4, 0.5) is 0 Å². The van der Waals surface area contributed by atoms with Gasteiger partial charge >= 0.3 is 0 Å². The maximum Gasteiger partial charge on any atom is 0.164 e. The molecular weight excluding hydrogens is 302 g/mol. The highest BCUT2D eigenvalue weighted by Gasteiger charge is 2.25. The summed E-state index contributed by atoms with van der Waals surface area (Å²) in [5.74, 6) is 1.74. The molecule has 4 heteroatoms. The van der Waals surface area contributed by atoms with Crippen LogP contribution in [0.25, 0.3) is 5.57 Å². The van der Waals surface area contributed by atoms with E-state index in [4.69, 9.17) is 0 Å². The monoisotopic (exact) mass is 317 g/mol. The van der Waals surface area contributed by atoms with Gasteiger partial charge in [0.2, 0.25) is 0 Å². The van der Waals surface area contributed by atoms with Gasteiger partial charge in [0.15, 0.2) is 5.82 Å². The molecular formula is C15H16BrN3. The Morgan fingerprint density at radius 1 is 1.37 bits per heavy atom. The van der Waals surface area contributed by atoms with Crippen molar-refractivity contribution in [2.75, 3.05) is 0 Å². The molecule has 2 aromatic rings. The molecule has 0 atom stereocenters. The molecule has 19 heavy (non-hydrogen) atoms. The smallest absolute Gasteiger partial charge is 0.164 e. The Labute approximate surface area is 121 Å². The summed E-state index contributed by atoms with van der Waals surface area (Å²) in [7, 11) is 2.00. The third-order valence-electron chi connectivity index (χ3n) is 3.59. The SMILES string of the molecule is CC1CC(=C(c2cccc(Br)c2)c2nncn2C)C1. The fourth-order valence-electron chi connectivity index (χ4n) is 2.63. The molecule has 1 heterocycles. The summed E-state index contributed by atoms with van der Waals surface area (Å²) in [6.07, 6.45) is 4.08. The lowest BCUT2D eigenvalue weighted by Crippen LogP contribution is -2.14. The van der Waals surface area contributed by atoms with Gasteiger partial charge in [-0.1, -0.05) is 40.6 Å². The van der Waals surface area contributed by atoms with Gasteiger partial charge in [0.05, 0.1) is 0 Å². The standard InChI is InChI=1S/C15H16BrN3/c1-10-6-12(7-10)14(15-18-17-9-19(15)2)11-4-3-5-13(16)8-11/h3-5,8-10H,6-7H2,1-2H3. The zero-order valence-electron chi connectivity index (χ0n) is 11.1. The minimum absolute atomic E-state index is 0.783. The van der Waals surface area contributed by atoms with E-state index in [2.05, 4.69) is 51.3 Å². The van der Waals surface area contributed by atoms with Gasteiger partial charge in [0.25, 0.3) is 0 Å². The lowest BCUT2D eigenvalue weighted by Gasteiger charge is -2.29. The summed E-state index contributed by atoms with van der Waals surface area (Å²) in [4.78, 5) is 0. The van der Waals surface area contributed by atoms with Crippen molar-refractivity contribution in [3.05, 3.63) is 52.0 Å². The Morgan fingerprint density at radius 3 is 2.74 bits per heavy atom. The van der Waals surface area contributed by atoms with Gasteiger partial charge in [-0.2, -0.15) is 0 Å². The average Bonchev–Trinajstić information content (AvgIpc) is 2.74. The fraction of sp³-hybridized carbons (Fsp3) is 0.333. The average molecular weight is 318 g/mol. The predicted octanol–water partition coefficient (Wildman–Crippen LogP) is 3.81. The van der Waals surface area contributed by atoms with Crippen LogP contribution in [0.5, 0.6) is 0 Å². The van der Waals surface area contributed by atoms with Crippen LogP contribution in [0.1, 0.15) is 31.2 Å². The Bertz CT molecular complexity index is 634. The van der Waals surface area contributed by atoms with E-state index in [9.17, 15) is 0 Å². The molecule has 1 aromatic heterocycles. The molecule has 1 fully saturated rings. The third-order valence-corrected chi connectivity index (χ3v) is 4.08. The number of rotatable bonds is 2. The van der Waals surface area contributed by atoms with Gasteiger partial charge < -0.3 is 4.57 Å². The van der Waals surface area contributed by atoms with E-state index < -0.39 is 0 Å². The Hall–Kier alpha value is -1.42. The van der Waals surface area contributed by atoms with E-state index in [1.54, 1.807) is 6.33 Å². The van der Waals surface area contributed by atoms with E-state index in [1.807, 2.05) is 17.7 Å². The van der Waals surface area contributed by atoms with Crippen LogP contribution in [-0.4, -0.2) is 14.8 Å². The van der Waals surface area contributed by atoms with Crippen molar-refractivity contribution >= 4 is 21.5 Å². The van der Waals surface area contributed by atoms with E-state index in [0.717, 1.165) is 29.1 Å². The number of aryl methyl sites for hydroxylation is 1. The zero-order valence-corrected chi connectivity index (χ0v) is 12.7. The summed E-state index contributed by atoms with van der Waals surface area (Å²) >= 11 is 3.55. The first kappa shape index (κ1) is 12.6. The van der Waals surface area contributed by atoms with Crippen molar-refractivity contribution in [1.29, 1.82) is 0 Å². The highest BCUT2D eigenvalue weighted by atomic mass is 79.9. The second kappa shape index (κ2) is 4.93. The van der Waals surface area contributed by atoms with Crippen LogP contribution in [0.15, 0.2) is 40.6 Å². The third kappa shape index (κ3) is 2.37. The van der Waals surface area contributed by atoms with E-state index in [1.165, 1.54) is 16.7 Å². The number of benzene rings is 1. The normalized spacial score (nSPS) is 18.3. The second-order valence-corrected chi connectivity index (χ2v) is 6.18. The Morgan fingerprint density at radius 2 is 2.16 bits per heavy atom. The topological polar surface area (TPSA) is 30.7 Å². The number of halogens is 1. The summed E-state index contributed by atoms with van der Waals surface area (Å²) < 4.78 is 3.09. The molecule has 1 aromatic carbocycles. The first-order chi connectivity index (χ1) is 9.15. The minimum atomic E-state index is 0.783. The van der Waals surface area contributed by atoms with Crippen LogP contribution in [-0.2, 0) is 7.05 Å². The van der Waals surface area contributed by atoms with Crippen molar-refractivity contribution in [3.8, 4) is 0 Å². The van der Waals surface area contributed by atoms with Crippen LogP contribution < -0.4 is 0 Å². The van der Waals surface area contributed by atoms with Crippen molar-refractivity contribution < 1.29 is 0 Å². The van der Waals surface area contributed by atoms with Crippen LogP contribution >= 0.6 is 15.9 Å². The molecule has 0 aliphatic heterocycles. The summed E-state index contributed by atoms with van der Waals surface area (Å²) in [6.45, 7) is 2.29. The molecule has 3 nitrogen and oxygen atoms in total. The molecule has 1 saturated carbocycles. The van der Waals surface area contributed by atoms with Crippen LogP contribution in [0, 0.1) is 5.92 Å². The number of hydrogen-bond acceptors (Lipinski definition) is 2. The predicted molar refractivity (Wildman–Crippen MR) is 79.6 cm³/mol. The second-order valence-electron chi connectivity index (χ2n) is 5.27. The van der Waals surface area contributed by atoms with E-state index in [-0.39, 0.29) is 0 Å². The number of nitrogens with zero attached hydrogens (tertiary/aromatic N) is 3. The van der Waals surface area contributed by atoms with Gasteiger partial charge in [-0.25, -0.2) is 0 Å². The molecule has 0 saturated heterocycles. The lowest BCUT2D eigenvalue weighted by atomic mass is 9.77. The number of allylic oxidation sites excluding steroid dienone is 1. The number of hydrogen-bond donors (Lipinski definition) is 0. The van der Waals surface area contributed by atoms with Gasteiger partial charge in [-0.3, -0.25) is 0 Å². The van der Waals surface area contributed by atoms with E-state index in [0.29, 0.717) is 0 Å². The highest BCUT2D eigenvalue weighted by Crippen LogP contribution is 2.40. The minimum Gasteiger partial charge on any atom is -0.317 e. The van der Waals surface area contributed by atoms with Crippen molar-refractivity contribution in [3.63, 3.8) is 0 Å². The molecule has 3 rings (SSSR count). The molecule has 0 unspecified atom stereocenters. The molecule has 0 N–H and O–H groups in total. The Balaban J connectivity index is 2.14. The first-order valence-corrected chi connectivity index (χ1v) is 7.27. The molecule has 0 radical (unpaired) electrons. The van der Waals surface area contributed by atoms with Gasteiger partial charge in [-0.05, 0) is 36.5 Å². The summed E-state index contributed by atoms with van der Waals surface area (Å²) in [5.41, 5.74) is 3.95. The van der Waals surface area contributed by atoms with Gasteiger partial charge in [0, 0.05) is 17.1 Å². The van der Waals surface area contributed by atoms with Crippen molar-refractivity contribution in [2.45, 2.75) is 19.8 Å². The molecule has 0 amide bonds. The lowest BCUT2D eigenvalue weighted by molar-refractivity contribution is 0.462. The molecule has 0 bridgehead atoms. The summed E-state index contributed by atoms with van der Waals surface area (Å²) in [6, 6.07) is 8.41.